The number of anilines is 2. The number of nitrogens with zero attached hydrogens (tertiary/aromatic N) is 4. The molecule has 3 heterocycles. The minimum Gasteiger partial charge on any atom is -0.398 e. The van der Waals surface area contributed by atoms with Crippen molar-refractivity contribution in [2.75, 3.05) is 36.9 Å². The van der Waals surface area contributed by atoms with Gasteiger partial charge in [0.15, 0.2) is 0 Å². The fourth-order valence-corrected chi connectivity index (χ4v) is 3.52. The summed E-state index contributed by atoms with van der Waals surface area (Å²) in [6, 6.07) is 9.61. The van der Waals surface area contributed by atoms with Crippen molar-refractivity contribution >= 4 is 17.2 Å². The molecule has 1 saturated heterocycles. The average Bonchev–Trinajstić information content (AvgIpc) is 3.06. The third-order valence-electron chi connectivity index (χ3n) is 5.02. The van der Waals surface area contributed by atoms with E-state index in [-0.39, 0.29) is 0 Å². The summed E-state index contributed by atoms with van der Waals surface area (Å²) in [6.45, 7) is 4.99. The molecule has 7 heteroatoms. The molecular weight excluding hydrogens is 352 g/mol. The van der Waals surface area contributed by atoms with Crippen LogP contribution in [0.1, 0.15) is 16.8 Å². The van der Waals surface area contributed by atoms with Gasteiger partial charge < -0.3 is 15.4 Å². The second kappa shape index (κ2) is 7.44. The van der Waals surface area contributed by atoms with Gasteiger partial charge in [-0.05, 0) is 36.8 Å². The van der Waals surface area contributed by atoms with E-state index < -0.39 is 0 Å². The Bertz CT molecular complexity index is 1020. The highest BCUT2D eigenvalue weighted by atomic mass is 16.5. The fraction of sp³-hybridized carbons (Fsp3) is 0.286. The molecule has 2 aromatic heterocycles. The minimum absolute atomic E-state index is 0.387. The Hall–Kier alpha value is -3.19. The zero-order chi connectivity index (χ0) is 19.7. The lowest BCUT2D eigenvalue weighted by Gasteiger charge is -2.28. The van der Waals surface area contributed by atoms with Crippen LogP contribution in [-0.4, -0.2) is 46.8 Å². The van der Waals surface area contributed by atoms with Crippen molar-refractivity contribution in [3.63, 3.8) is 0 Å². The first-order valence-corrected chi connectivity index (χ1v) is 9.31. The molecule has 1 aliphatic rings. The van der Waals surface area contributed by atoms with Gasteiger partial charge in [-0.15, -0.1) is 0 Å². The van der Waals surface area contributed by atoms with E-state index >= 15 is 0 Å². The number of ether oxygens (including phenoxy) is 1. The molecule has 1 aromatic carbocycles. The molecule has 0 unspecified atom stereocenters. The maximum absolute atomic E-state index is 8.77. The Kier molecular flexibility index (Phi) is 4.83. The fourth-order valence-electron chi connectivity index (χ4n) is 3.52. The number of nitrogens with two attached hydrogens (primary N) is 1. The number of benzene rings is 1. The van der Waals surface area contributed by atoms with Crippen LogP contribution < -0.4 is 10.6 Å². The standard InChI is InChI=1S/C21H24N6O/c1-14-18(13-26(2)25-14)15-3-4-19(22)17(11-15)21(23)16-5-6-24-20(12-16)27-7-9-28-10-8-27/h3-6,11-13,23H,7-10,22H2,1-2H3. The van der Waals surface area contributed by atoms with E-state index in [9.17, 15) is 0 Å². The number of nitrogen functional groups attached to an aromatic ring is 1. The van der Waals surface area contributed by atoms with Gasteiger partial charge in [0, 0.05) is 54.9 Å². The lowest BCUT2D eigenvalue weighted by Crippen LogP contribution is -2.36. The maximum atomic E-state index is 8.77. The van der Waals surface area contributed by atoms with Gasteiger partial charge in [0.1, 0.15) is 5.82 Å². The highest BCUT2D eigenvalue weighted by Gasteiger charge is 2.16. The molecule has 28 heavy (non-hydrogen) atoms. The molecule has 0 aliphatic carbocycles. The van der Waals surface area contributed by atoms with E-state index in [4.69, 9.17) is 15.9 Å². The predicted molar refractivity (Wildman–Crippen MR) is 111 cm³/mol. The number of rotatable bonds is 4. The molecule has 3 N–H and O–H groups in total. The first kappa shape index (κ1) is 18.2. The topological polar surface area (TPSA) is 93.0 Å². The van der Waals surface area contributed by atoms with Gasteiger partial charge in [-0.1, -0.05) is 6.07 Å². The number of morpholine rings is 1. The van der Waals surface area contributed by atoms with Gasteiger partial charge in [0.2, 0.25) is 0 Å². The van der Waals surface area contributed by atoms with Crippen LogP contribution in [0.2, 0.25) is 0 Å². The highest BCUT2D eigenvalue weighted by molar-refractivity contribution is 6.14. The third-order valence-corrected chi connectivity index (χ3v) is 5.02. The molecule has 4 rings (SSSR count). The molecule has 0 spiro atoms. The largest absolute Gasteiger partial charge is 0.398 e. The Morgan fingerprint density at radius 1 is 1.18 bits per heavy atom. The van der Waals surface area contributed by atoms with Gasteiger partial charge in [-0.2, -0.15) is 5.10 Å². The van der Waals surface area contributed by atoms with Crippen LogP contribution in [-0.2, 0) is 11.8 Å². The molecule has 0 atom stereocenters. The van der Waals surface area contributed by atoms with E-state index in [2.05, 4.69) is 15.0 Å². The van der Waals surface area contributed by atoms with Crippen LogP contribution in [0.3, 0.4) is 0 Å². The van der Waals surface area contributed by atoms with E-state index in [1.807, 2.05) is 50.5 Å². The second-order valence-corrected chi connectivity index (χ2v) is 6.98. The van der Waals surface area contributed by atoms with Gasteiger partial charge in [0.05, 0.1) is 24.6 Å². The summed E-state index contributed by atoms with van der Waals surface area (Å²) in [5.41, 5.74) is 11.7. The molecular formula is C21H24N6O. The molecule has 0 radical (unpaired) electrons. The smallest absolute Gasteiger partial charge is 0.129 e. The van der Waals surface area contributed by atoms with Gasteiger partial charge in [-0.25, -0.2) is 4.98 Å². The molecule has 0 bridgehead atoms. The highest BCUT2D eigenvalue weighted by Crippen LogP contribution is 2.28. The molecule has 1 aliphatic heterocycles. The molecule has 0 amide bonds. The Morgan fingerprint density at radius 3 is 2.68 bits per heavy atom. The van der Waals surface area contributed by atoms with Crippen LogP contribution in [0.25, 0.3) is 11.1 Å². The zero-order valence-electron chi connectivity index (χ0n) is 16.1. The van der Waals surface area contributed by atoms with Gasteiger partial charge in [0.25, 0.3) is 0 Å². The number of hydrogen-bond acceptors (Lipinski definition) is 6. The van der Waals surface area contributed by atoms with Crippen molar-refractivity contribution in [2.24, 2.45) is 7.05 Å². The summed E-state index contributed by atoms with van der Waals surface area (Å²) in [6.07, 6.45) is 3.73. The van der Waals surface area contributed by atoms with Crippen molar-refractivity contribution in [3.05, 3.63) is 59.5 Å². The van der Waals surface area contributed by atoms with Crippen LogP contribution in [0.15, 0.2) is 42.7 Å². The lowest BCUT2D eigenvalue weighted by atomic mass is 9.96. The number of nitrogens with one attached hydrogen (secondary N) is 1. The van der Waals surface area contributed by atoms with Gasteiger partial charge >= 0.3 is 0 Å². The Balaban J connectivity index is 1.68. The van der Waals surface area contributed by atoms with Crippen molar-refractivity contribution in [3.8, 4) is 11.1 Å². The number of hydrogen-bond donors (Lipinski definition) is 2. The monoisotopic (exact) mass is 376 g/mol. The van der Waals surface area contributed by atoms with Crippen molar-refractivity contribution in [1.29, 1.82) is 5.41 Å². The molecule has 7 nitrogen and oxygen atoms in total. The number of aryl methyl sites for hydroxylation is 2. The molecule has 1 fully saturated rings. The minimum atomic E-state index is 0.387. The van der Waals surface area contributed by atoms with Crippen molar-refractivity contribution in [1.82, 2.24) is 14.8 Å². The number of pyridine rings is 1. The van der Waals surface area contributed by atoms with Crippen molar-refractivity contribution in [2.45, 2.75) is 6.92 Å². The maximum Gasteiger partial charge on any atom is 0.129 e. The van der Waals surface area contributed by atoms with Crippen LogP contribution in [0.5, 0.6) is 0 Å². The summed E-state index contributed by atoms with van der Waals surface area (Å²) in [4.78, 5) is 6.65. The molecule has 3 aromatic rings. The average molecular weight is 376 g/mol. The van der Waals surface area contributed by atoms with Crippen LogP contribution in [0, 0.1) is 12.3 Å². The van der Waals surface area contributed by atoms with E-state index in [0.717, 1.165) is 41.3 Å². The summed E-state index contributed by atoms with van der Waals surface area (Å²) in [5, 5.41) is 13.2. The first-order chi connectivity index (χ1) is 13.5. The lowest BCUT2D eigenvalue weighted by molar-refractivity contribution is 0.122. The third kappa shape index (κ3) is 3.48. The second-order valence-electron chi connectivity index (χ2n) is 6.98. The zero-order valence-corrected chi connectivity index (χ0v) is 16.1. The normalized spacial score (nSPS) is 14.3. The summed E-state index contributed by atoms with van der Waals surface area (Å²) in [5.74, 6) is 0.864. The summed E-state index contributed by atoms with van der Waals surface area (Å²) < 4.78 is 7.21. The van der Waals surface area contributed by atoms with E-state index in [1.54, 1.807) is 10.9 Å². The quantitative estimate of drug-likeness (QED) is 0.539. The number of aromatic nitrogens is 3. The summed E-state index contributed by atoms with van der Waals surface area (Å²) in [7, 11) is 1.90. The predicted octanol–water partition coefficient (Wildman–Crippen LogP) is 2.63. The van der Waals surface area contributed by atoms with Gasteiger partial charge in [-0.3, -0.25) is 10.1 Å². The first-order valence-electron chi connectivity index (χ1n) is 9.31. The van der Waals surface area contributed by atoms with Crippen LogP contribution in [0.4, 0.5) is 11.5 Å². The SMILES string of the molecule is Cc1nn(C)cc1-c1ccc(N)c(C(=N)c2ccnc(N3CCOCC3)c2)c1. The van der Waals surface area contributed by atoms with E-state index in [1.165, 1.54) is 0 Å². The van der Waals surface area contributed by atoms with Crippen molar-refractivity contribution < 1.29 is 4.74 Å². The van der Waals surface area contributed by atoms with E-state index in [0.29, 0.717) is 30.2 Å². The Labute approximate surface area is 164 Å². The molecule has 144 valence electrons. The van der Waals surface area contributed by atoms with Crippen LogP contribution >= 0.6 is 0 Å². The molecule has 0 saturated carbocycles. The Morgan fingerprint density at radius 2 is 1.96 bits per heavy atom. The summed E-state index contributed by atoms with van der Waals surface area (Å²) >= 11 is 0.